The SMILES string of the molecule is CCCCO.CN(C)C1CCC(N)CC1.Cc1nc(CS(=O)(=O)c2ccccc2Cl)ccc1/C=C/c1cnc(Cl)nc1.Cc1nc(CS(=O)(=O)c2ccccc2Cl)ccc1/C=C/c1cnc(NC2CCC(N(C)C)CC2)nc1. The summed E-state index contributed by atoms with van der Waals surface area (Å²) >= 11 is 17.8. The summed E-state index contributed by atoms with van der Waals surface area (Å²) in [5.74, 6) is 0.232. The van der Waals surface area contributed by atoms with Gasteiger partial charge >= 0.3 is 0 Å². The second kappa shape index (κ2) is 31.5. The van der Waals surface area contributed by atoms with Crippen LogP contribution >= 0.6 is 34.8 Å². The highest BCUT2D eigenvalue weighted by molar-refractivity contribution is 7.91. The highest BCUT2D eigenvalue weighted by atomic mass is 35.5. The van der Waals surface area contributed by atoms with E-state index in [0.29, 0.717) is 47.8 Å². The summed E-state index contributed by atoms with van der Waals surface area (Å²) in [7, 11) is 1.44. The molecule has 0 bridgehead atoms. The van der Waals surface area contributed by atoms with E-state index < -0.39 is 19.7 Å². The Hall–Kier alpha value is -5.21. The molecule has 20 heteroatoms. The van der Waals surface area contributed by atoms with Gasteiger partial charge in [0.25, 0.3) is 0 Å². The van der Waals surface area contributed by atoms with Crippen LogP contribution in [0.4, 0.5) is 5.95 Å². The molecule has 2 fully saturated rings. The topological polar surface area (TPSA) is 210 Å². The lowest BCUT2D eigenvalue weighted by Gasteiger charge is -2.32. The number of pyridine rings is 2. The zero-order valence-electron chi connectivity index (χ0n) is 45.7. The molecule has 6 aromatic rings. The number of nitrogens with one attached hydrogen (secondary N) is 1. The quantitative estimate of drug-likeness (QED) is 0.0770. The van der Waals surface area contributed by atoms with Gasteiger partial charge in [0.1, 0.15) is 0 Å². The van der Waals surface area contributed by atoms with Crippen LogP contribution in [-0.2, 0) is 31.2 Å². The second-order valence-corrected chi connectivity index (χ2v) is 24.9. The number of sulfone groups is 2. The van der Waals surface area contributed by atoms with Crippen molar-refractivity contribution in [1.29, 1.82) is 0 Å². The third-order valence-corrected chi connectivity index (χ3v) is 17.8. The predicted octanol–water partition coefficient (Wildman–Crippen LogP) is 11.5. The Morgan fingerprint density at radius 3 is 1.38 bits per heavy atom. The van der Waals surface area contributed by atoms with Crippen molar-refractivity contribution in [3.8, 4) is 0 Å². The molecule has 2 aliphatic rings. The molecule has 2 aromatic carbocycles. The van der Waals surface area contributed by atoms with Crippen LogP contribution in [0, 0.1) is 13.8 Å². The fourth-order valence-electron chi connectivity index (χ4n) is 8.67. The number of hydrogen-bond acceptors (Lipinski definition) is 15. The summed E-state index contributed by atoms with van der Waals surface area (Å²) in [4.78, 5) is 30.5. The Morgan fingerprint density at radius 2 is 1.01 bits per heavy atom. The van der Waals surface area contributed by atoms with E-state index in [1.165, 1.54) is 50.7 Å². The lowest BCUT2D eigenvalue weighted by Crippen LogP contribution is -2.36. The smallest absolute Gasteiger partial charge is 0.222 e. The van der Waals surface area contributed by atoms with Crippen LogP contribution in [0.1, 0.15) is 116 Å². The highest BCUT2D eigenvalue weighted by Crippen LogP contribution is 2.27. The van der Waals surface area contributed by atoms with Crippen molar-refractivity contribution in [2.75, 3.05) is 40.1 Å². The summed E-state index contributed by atoms with van der Waals surface area (Å²) < 4.78 is 50.7. The molecule has 8 rings (SSSR count). The minimum Gasteiger partial charge on any atom is -0.396 e. The van der Waals surface area contributed by atoms with E-state index in [2.05, 4.69) is 80.1 Å². The molecule has 2 saturated carbocycles. The molecule has 4 aromatic heterocycles. The predicted molar refractivity (Wildman–Crippen MR) is 319 cm³/mol. The number of unbranched alkanes of at least 4 members (excludes halogenated alkanes) is 1. The number of halogens is 3. The van der Waals surface area contributed by atoms with Crippen LogP contribution in [0.3, 0.4) is 0 Å². The molecule has 78 heavy (non-hydrogen) atoms. The average Bonchev–Trinajstić information content (AvgIpc) is 3.44. The first kappa shape index (κ1) is 63.6. The van der Waals surface area contributed by atoms with Gasteiger partial charge in [-0.15, -0.1) is 0 Å². The first-order valence-electron chi connectivity index (χ1n) is 26.2. The minimum atomic E-state index is -3.59. The number of benzene rings is 2. The van der Waals surface area contributed by atoms with E-state index in [9.17, 15) is 16.8 Å². The molecule has 0 radical (unpaired) electrons. The fourth-order valence-corrected chi connectivity index (χ4v) is 12.5. The number of nitrogens with two attached hydrogens (primary N) is 1. The van der Waals surface area contributed by atoms with Gasteiger partial charge in [-0.25, -0.2) is 36.8 Å². The van der Waals surface area contributed by atoms with Gasteiger partial charge in [0.15, 0.2) is 19.7 Å². The number of aliphatic hydroxyl groups excluding tert-OH is 1. The average molecular weight is 1160 g/mol. The Kier molecular flexibility index (Phi) is 25.7. The van der Waals surface area contributed by atoms with Crippen molar-refractivity contribution >= 4 is 84.7 Å². The van der Waals surface area contributed by atoms with Gasteiger partial charge < -0.3 is 26.0 Å². The Balaban J connectivity index is 0.000000232. The van der Waals surface area contributed by atoms with Gasteiger partial charge in [0, 0.05) is 78.1 Å². The van der Waals surface area contributed by atoms with Gasteiger partial charge in [-0.1, -0.05) is 97.2 Å². The van der Waals surface area contributed by atoms with Crippen LogP contribution in [-0.4, -0.2) is 121 Å². The van der Waals surface area contributed by atoms with E-state index in [1.807, 2.05) is 50.3 Å². The van der Waals surface area contributed by atoms with Crippen molar-refractivity contribution in [1.82, 2.24) is 39.7 Å². The maximum Gasteiger partial charge on any atom is 0.222 e. The molecule has 0 atom stereocenters. The number of hydrogen-bond donors (Lipinski definition) is 3. The third kappa shape index (κ3) is 20.8. The Morgan fingerprint density at radius 1 is 0.603 bits per heavy atom. The van der Waals surface area contributed by atoms with Crippen molar-refractivity contribution in [3.63, 3.8) is 0 Å². The summed E-state index contributed by atoms with van der Waals surface area (Å²) in [6.07, 6.45) is 26.0. The number of anilines is 1. The lowest BCUT2D eigenvalue weighted by atomic mass is 9.91. The Labute approximate surface area is 477 Å². The van der Waals surface area contributed by atoms with Crippen LogP contribution in [0.5, 0.6) is 0 Å². The van der Waals surface area contributed by atoms with Gasteiger partial charge in [0.05, 0.1) is 42.7 Å². The van der Waals surface area contributed by atoms with Gasteiger partial charge in [-0.05, 0) is 159 Å². The number of nitrogens with zero attached hydrogens (tertiary/aromatic N) is 8. The molecule has 0 unspecified atom stereocenters. The number of rotatable bonds is 16. The molecular formula is C58H75Cl3N10O5S2. The minimum absolute atomic E-state index is 0.109. The molecule has 4 heterocycles. The van der Waals surface area contributed by atoms with E-state index in [0.717, 1.165) is 59.7 Å². The molecule has 0 spiro atoms. The fraction of sp³-hybridized carbons (Fsp3) is 0.414. The first-order chi connectivity index (χ1) is 37.2. The lowest BCUT2D eigenvalue weighted by molar-refractivity contribution is 0.217. The van der Waals surface area contributed by atoms with Crippen LogP contribution < -0.4 is 11.1 Å². The summed E-state index contributed by atoms with van der Waals surface area (Å²) in [6, 6.07) is 22.3. The molecule has 0 aliphatic heterocycles. The van der Waals surface area contributed by atoms with E-state index in [4.69, 9.17) is 45.6 Å². The number of aliphatic hydroxyl groups is 1. The molecule has 0 saturated heterocycles. The molecular weight excluding hydrogens is 1090 g/mol. The van der Waals surface area contributed by atoms with E-state index >= 15 is 0 Å². The first-order valence-corrected chi connectivity index (χ1v) is 30.6. The van der Waals surface area contributed by atoms with Crippen LogP contribution in [0.25, 0.3) is 24.3 Å². The van der Waals surface area contributed by atoms with Crippen molar-refractivity contribution in [3.05, 3.63) is 158 Å². The Bertz CT molecular complexity index is 3090. The van der Waals surface area contributed by atoms with Gasteiger partial charge in [-0.3, -0.25) is 9.97 Å². The molecule has 15 nitrogen and oxygen atoms in total. The van der Waals surface area contributed by atoms with Crippen molar-refractivity contribution in [2.45, 2.75) is 130 Å². The summed E-state index contributed by atoms with van der Waals surface area (Å²) in [5.41, 5.74) is 11.6. The normalized spacial score (nSPS) is 17.7. The summed E-state index contributed by atoms with van der Waals surface area (Å²) in [6.45, 7) is 6.08. The number of aryl methyl sites for hydroxylation is 2. The molecule has 2 aliphatic carbocycles. The van der Waals surface area contributed by atoms with E-state index in [1.54, 1.807) is 73.3 Å². The molecule has 420 valence electrons. The van der Waals surface area contributed by atoms with Crippen molar-refractivity contribution in [2.24, 2.45) is 5.73 Å². The maximum absolute atomic E-state index is 12.8. The number of aromatic nitrogens is 6. The summed E-state index contributed by atoms with van der Waals surface area (Å²) in [5, 5.41) is 12.1. The van der Waals surface area contributed by atoms with E-state index in [-0.39, 0.29) is 36.6 Å². The largest absolute Gasteiger partial charge is 0.396 e. The van der Waals surface area contributed by atoms with Crippen LogP contribution in [0.15, 0.2) is 107 Å². The zero-order chi connectivity index (χ0) is 56.8. The van der Waals surface area contributed by atoms with Gasteiger partial charge in [-0.2, -0.15) is 0 Å². The van der Waals surface area contributed by atoms with Gasteiger partial charge in [0.2, 0.25) is 11.2 Å². The standard InChI is InChI=1S/C27H32ClN5O2S.C19H15Cl2N3O2S.C8H18N2.C4H10O/c1-19-21(10-11-23(31-19)18-36(34,35)26-7-5-4-6-25(26)28)9-8-20-16-29-27(30-17-20)32-22-12-14-24(15-13-22)33(2)3;1-13-15(7-6-14-10-22-19(21)23-11-14)8-9-16(24-13)12-27(25,26)18-5-3-2-4-17(18)20;1-10(2)8-5-3-7(9)4-6-8;1-2-3-4-5/h4-11,16-17,22,24H,12-15,18H2,1-3H3,(H,29,30,32);2-11H,12H2,1H3;7-8H,3-6,9H2,1-2H3;5H,2-4H2,1H3/b9-8+;7-6+;;. The highest BCUT2D eigenvalue weighted by Gasteiger charge is 2.24. The van der Waals surface area contributed by atoms with Crippen molar-refractivity contribution < 1.29 is 21.9 Å². The zero-order valence-corrected chi connectivity index (χ0v) is 49.6. The second-order valence-electron chi connectivity index (χ2n) is 19.8. The van der Waals surface area contributed by atoms with Crippen LogP contribution in [0.2, 0.25) is 15.3 Å². The third-order valence-electron chi connectivity index (χ3n) is 13.4. The monoisotopic (exact) mass is 1160 g/mol. The molecule has 0 amide bonds. The molecule has 4 N–H and O–H groups in total. The maximum atomic E-state index is 12.8.